The van der Waals surface area contributed by atoms with E-state index in [0.717, 1.165) is 24.5 Å². The largest absolute Gasteiger partial charge is 0.382 e. The molecule has 0 heterocycles. The van der Waals surface area contributed by atoms with Crippen LogP contribution in [0.5, 0.6) is 0 Å². The summed E-state index contributed by atoms with van der Waals surface area (Å²) in [6.45, 7) is 15.3. The van der Waals surface area contributed by atoms with Gasteiger partial charge in [0, 0.05) is 35.6 Å². The molecule has 4 rings (SSSR count). The Bertz CT molecular complexity index is 1210. The summed E-state index contributed by atoms with van der Waals surface area (Å²) in [6, 6.07) is 26.0. The van der Waals surface area contributed by atoms with Crippen molar-refractivity contribution < 1.29 is 9.47 Å². The van der Waals surface area contributed by atoms with E-state index < -0.39 is 0 Å². The first-order chi connectivity index (χ1) is 17.1. The molecule has 4 aromatic rings. The van der Waals surface area contributed by atoms with Crippen LogP contribution in [0.25, 0.3) is 32.7 Å². The van der Waals surface area contributed by atoms with Crippen LogP contribution in [0.3, 0.4) is 0 Å². The van der Waals surface area contributed by atoms with Crippen molar-refractivity contribution in [3.8, 4) is 11.1 Å². The molecule has 4 nitrogen and oxygen atoms in total. The third kappa shape index (κ3) is 6.57. The van der Waals surface area contributed by atoms with Gasteiger partial charge in [-0.15, -0.1) is 0 Å². The van der Waals surface area contributed by atoms with E-state index >= 15 is 0 Å². The topological polar surface area (TPSA) is 42.5 Å². The second-order valence-corrected chi connectivity index (χ2v) is 11.2. The van der Waals surface area contributed by atoms with Crippen LogP contribution >= 0.6 is 0 Å². The molecule has 0 amide bonds. The van der Waals surface area contributed by atoms with Gasteiger partial charge in [-0.2, -0.15) is 0 Å². The maximum atomic E-state index is 5.98. The van der Waals surface area contributed by atoms with E-state index in [1.54, 1.807) is 0 Å². The molecule has 0 unspecified atom stereocenters. The van der Waals surface area contributed by atoms with Gasteiger partial charge in [0.05, 0.1) is 24.4 Å². The molecule has 0 radical (unpaired) electrons. The number of ether oxygens (including phenoxy) is 2. The average molecular weight is 485 g/mol. The van der Waals surface area contributed by atoms with Gasteiger partial charge in [0.25, 0.3) is 0 Å². The Hall–Kier alpha value is -3.08. The zero-order valence-electron chi connectivity index (χ0n) is 22.6. The molecule has 0 aliphatic carbocycles. The van der Waals surface area contributed by atoms with Gasteiger partial charge in [0.1, 0.15) is 0 Å². The molecular weight excluding hydrogens is 444 g/mol. The van der Waals surface area contributed by atoms with Crippen LogP contribution in [0.1, 0.15) is 41.5 Å². The van der Waals surface area contributed by atoms with Crippen LogP contribution in [0.15, 0.2) is 72.8 Å². The van der Waals surface area contributed by atoms with Gasteiger partial charge in [-0.3, -0.25) is 0 Å². The molecule has 0 aliphatic rings. The van der Waals surface area contributed by atoms with Crippen molar-refractivity contribution in [2.24, 2.45) is 0 Å². The number of nitrogens with one attached hydrogen (secondary N) is 2. The van der Waals surface area contributed by atoms with E-state index in [1.807, 2.05) is 0 Å². The second kappa shape index (κ2) is 10.9. The van der Waals surface area contributed by atoms with Crippen molar-refractivity contribution in [3.63, 3.8) is 0 Å². The maximum absolute atomic E-state index is 5.98. The predicted octanol–water partition coefficient (Wildman–Crippen LogP) is 8.11. The zero-order chi connectivity index (χ0) is 25.8. The molecule has 190 valence electrons. The first kappa shape index (κ1) is 26.0. The molecule has 0 saturated heterocycles. The molecule has 0 aromatic heterocycles. The summed E-state index contributed by atoms with van der Waals surface area (Å²) < 4.78 is 12.0. The van der Waals surface area contributed by atoms with Crippen molar-refractivity contribution >= 4 is 32.9 Å². The zero-order valence-corrected chi connectivity index (χ0v) is 22.6. The highest BCUT2D eigenvalue weighted by Crippen LogP contribution is 2.43. The molecule has 4 heteroatoms. The van der Waals surface area contributed by atoms with Crippen LogP contribution in [0.4, 0.5) is 11.4 Å². The van der Waals surface area contributed by atoms with Crippen molar-refractivity contribution in [3.05, 3.63) is 72.8 Å². The SMILES string of the molecule is CC(C)(C)OCCNc1ccc2ccccc2c1-c1c(NCCOC(C)(C)C)ccc2ccccc12. The predicted molar refractivity (Wildman–Crippen MR) is 155 cm³/mol. The number of anilines is 2. The van der Waals surface area contributed by atoms with Gasteiger partial charge in [-0.25, -0.2) is 0 Å². The fourth-order valence-corrected chi connectivity index (χ4v) is 4.46. The lowest BCUT2D eigenvalue weighted by Gasteiger charge is -2.23. The summed E-state index contributed by atoms with van der Waals surface area (Å²) in [5, 5.41) is 12.3. The van der Waals surface area contributed by atoms with Gasteiger partial charge in [-0.1, -0.05) is 60.7 Å². The number of fused-ring (bicyclic) bond motifs is 2. The lowest BCUT2D eigenvalue weighted by molar-refractivity contribution is 0.00296. The van der Waals surface area contributed by atoms with Crippen molar-refractivity contribution in [2.45, 2.75) is 52.7 Å². The molecule has 2 N–H and O–H groups in total. The fraction of sp³-hybridized carbons (Fsp3) is 0.375. The van der Waals surface area contributed by atoms with E-state index in [0.29, 0.717) is 13.2 Å². The molecule has 0 spiro atoms. The quantitative estimate of drug-likeness (QED) is 0.235. The molecule has 0 atom stereocenters. The van der Waals surface area contributed by atoms with Crippen LogP contribution in [0, 0.1) is 0 Å². The summed E-state index contributed by atoms with van der Waals surface area (Å²) in [5.41, 5.74) is 4.32. The molecule has 0 bridgehead atoms. The van der Waals surface area contributed by atoms with Crippen molar-refractivity contribution in [2.75, 3.05) is 36.9 Å². The highest BCUT2D eigenvalue weighted by molar-refractivity contribution is 6.13. The van der Waals surface area contributed by atoms with E-state index in [2.05, 4.69) is 125 Å². The monoisotopic (exact) mass is 484 g/mol. The summed E-state index contributed by atoms with van der Waals surface area (Å²) >= 11 is 0. The fourth-order valence-electron chi connectivity index (χ4n) is 4.46. The Kier molecular flexibility index (Phi) is 7.87. The van der Waals surface area contributed by atoms with Gasteiger partial charge < -0.3 is 20.1 Å². The second-order valence-electron chi connectivity index (χ2n) is 11.2. The minimum absolute atomic E-state index is 0.157. The number of rotatable bonds is 9. The third-order valence-corrected chi connectivity index (χ3v) is 6.01. The Morgan fingerprint density at radius 2 is 0.917 bits per heavy atom. The van der Waals surface area contributed by atoms with Crippen LogP contribution in [0.2, 0.25) is 0 Å². The van der Waals surface area contributed by atoms with E-state index in [9.17, 15) is 0 Å². The number of benzene rings is 4. The standard InChI is InChI=1S/C32H40N2O2/c1-31(2,3)35-21-19-33-27-17-15-23-11-7-9-13-25(23)29(27)30-26-14-10-8-12-24(26)16-18-28(30)34-20-22-36-32(4,5)6/h7-18,33-34H,19-22H2,1-6H3. The molecule has 0 aliphatic heterocycles. The number of hydrogen-bond acceptors (Lipinski definition) is 4. The highest BCUT2D eigenvalue weighted by atomic mass is 16.5. The summed E-state index contributed by atoms with van der Waals surface area (Å²) in [4.78, 5) is 0. The van der Waals surface area contributed by atoms with Crippen LogP contribution < -0.4 is 10.6 Å². The number of hydrogen-bond donors (Lipinski definition) is 2. The van der Waals surface area contributed by atoms with E-state index in [-0.39, 0.29) is 11.2 Å². The third-order valence-electron chi connectivity index (χ3n) is 6.01. The Morgan fingerprint density at radius 3 is 1.31 bits per heavy atom. The Balaban J connectivity index is 1.79. The first-order valence-corrected chi connectivity index (χ1v) is 12.9. The Morgan fingerprint density at radius 1 is 0.528 bits per heavy atom. The average Bonchev–Trinajstić information content (AvgIpc) is 2.83. The molecule has 0 saturated carbocycles. The normalized spacial score (nSPS) is 12.3. The Labute approximate surface area is 216 Å². The van der Waals surface area contributed by atoms with Gasteiger partial charge >= 0.3 is 0 Å². The van der Waals surface area contributed by atoms with Gasteiger partial charge in [0.2, 0.25) is 0 Å². The van der Waals surface area contributed by atoms with Gasteiger partial charge in [0.15, 0.2) is 0 Å². The highest BCUT2D eigenvalue weighted by Gasteiger charge is 2.18. The minimum atomic E-state index is -0.157. The molecule has 36 heavy (non-hydrogen) atoms. The first-order valence-electron chi connectivity index (χ1n) is 12.9. The summed E-state index contributed by atoms with van der Waals surface area (Å²) in [7, 11) is 0. The smallest absolute Gasteiger partial charge is 0.0646 e. The maximum Gasteiger partial charge on any atom is 0.0646 e. The minimum Gasteiger partial charge on any atom is -0.382 e. The van der Waals surface area contributed by atoms with Crippen LogP contribution in [-0.2, 0) is 9.47 Å². The van der Waals surface area contributed by atoms with Gasteiger partial charge in [-0.05, 0) is 75.2 Å². The summed E-state index contributed by atoms with van der Waals surface area (Å²) in [6.07, 6.45) is 0. The van der Waals surface area contributed by atoms with Crippen LogP contribution in [-0.4, -0.2) is 37.5 Å². The lowest BCUT2D eigenvalue weighted by atomic mass is 9.91. The van der Waals surface area contributed by atoms with E-state index in [4.69, 9.17) is 9.47 Å². The molecular formula is C32H40N2O2. The van der Waals surface area contributed by atoms with E-state index in [1.165, 1.54) is 32.7 Å². The lowest BCUT2D eigenvalue weighted by Crippen LogP contribution is -2.23. The molecule has 0 fully saturated rings. The molecule has 4 aromatic carbocycles. The summed E-state index contributed by atoms with van der Waals surface area (Å²) in [5.74, 6) is 0. The van der Waals surface area contributed by atoms with Crippen molar-refractivity contribution in [1.29, 1.82) is 0 Å². The van der Waals surface area contributed by atoms with Crippen molar-refractivity contribution in [1.82, 2.24) is 0 Å².